The van der Waals surface area contributed by atoms with E-state index in [2.05, 4.69) is 16.5 Å². The second kappa shape index (κ2) is 4.84. The summed E-state index contributed by atoms with van der Waals surface area (Å²) in [5.74, 6) is 0.852. The average Bonchev–Trinajstić information content (AvgIpc) is 2.65. The molecule has 1 aromatic rings. The lowest BCUT2D eigenvalue weighted by Gasteiger charge is -2.23. The summed E-state index contributed by atoms with van der Waals surface area (Å²) in [4.78, 5) is 6.13. The van der Waals surface area contributed by atoms with E-state index in [1.54, 1.807) is 0 Å². The second-order valence-corrected chi connectivity index (χ2v) is 6.28. The lowest BCUT2D eigenvalue weighted by Crippen LogP contribution is -2.35. The van der Waals surface area contributed by atoms with Crippen molar-refractivity contribution in [3.63, 3.8) is 0 Å². The first-order valence-corrected chi connectivity index (χ1v) is 7.41. The minimum Gasteiger partial charge on any atom is -0.314 e. The molecule has 2 aliphatic rings. The van der Waals surface area contributed by atoms with E-state index in [4.69, 9.17) is 0 Å². The van der Waals surface area contributed by atoms with Crippen LogP contribution in [-0.4, -0.2) is 17.6 Å². The molecule has 0 bridgehead atoms. The Balaban J connectivity index is 1.58. The Bertz CT molecular complexity index is 337. The number of hydrogen-bond acceptors (Lipinski definition) is 3. The van der Waals surface area contributed by atoms with Gasteiger partial charge < -0.3 is 5.32 Å². The maximum absolute atomic E-state index is 4.59. The molecule has 0 amide bonds. The maximum Gasteiger partial charge on any atom is 0.0943 e. The number of nitrogens with zero attached hydrogens (tertiary/aromatic N) is 1. The van der Waals surface area contributed by atoms with E-state index >= 15 is 0 Å². The van der Waals surface area contributed by atoms with Crippen LogP contribution >= 0.6 is 11.3 Å². The molecule has 1 aliphatic carbocycles. The van der Waals surface area contributed by atoms with Gasteiger partial charge in [-0.05, 0) is 38.1 Å². The number of thiazole rings is 1. The molecule has 1 aromatic heterocycles. The van der Waals surface area contributed by atoms with Crippen molar-refractivity contribution in [2.75, 3.05) is 6.54 Å². The van der Waals surface area contributed by atoms with Gasteiger partial charge in [-0.25, -0.2) is 4.98 Å². The Kier molecular flexibility index (Phi) is 3.25. The standard InChI is InChI=1S/C13H20N2S/c1-2-7-14-11(6-1)8-13-15-9-12(16-13)10-4-3-5-10/h9-11,14H,1-8H2. The van der Waals surface area contributed by atoms with Crippen LogP contribution in [0, 0.1) is 0 Å². The molecule has 2 heterocycles. The van der Waals surface area contributed by atoms with Crippen molar-refractivity contribution in [1.82, 2.24) is 10.3 Å². The van der Waals surface area contributed by atoms with Gasteiger partial charge in [0.2, 0.25) is 0 Å². The normalized spacial score (nSPS) is 26.6. The summed E-state index contributed by atoms with van der Waals surface area (Å²) in [6, 6.07) is 0.689. The smallest absolute Gasteiger partial charge is 0.0943 e. The number of rotatable bonds is 3. The Morgan fingerprint density at radius 1 is 1.25 bits per heavy atom. The van der Waals surface area contributed by atoms with E-state index in [0.717, 1.165) is 12.3 Å². The molecular weight excluding hydrogens is 216 g/mol. The molecule has 3 heteroatoms. The Morgan fingerprint density at radius 2 is 2.19 bits per heavy atom. The van der Waals surface area contributed by atoms with E-state index < -0.39 is 0 Å². The van der Waals surface area contributed by atoms with Gasteiger partial charge in [0.25, 0.3) is 0 Å². The van der Waals surface area contributed by atoms with Crippen molar-refractivity contribution < 1.29 is 0 Å². The van der Waals surface area contributed by atoms with Crippen LogP contribution in [-0.2, 0) is 6.42 Å². The zero-order chi connectivity index (χ0) is 10.8. The summed E-state index contributed by atoms with van der Waals surface area (Å²) in [5, 5.41) is 4.95. The summed E-state index contributed by atoms with van der Waals surface area (Å²) in [6.45, 7) is 1.20. The van der Waals surface area contributed by atoms with E-state index in [0.29, 0.717) is 6.04 Å². The molecule has 1 saturated heterocycles. The third kappa shape index (κ3) is 2.30. The number of hydrogen-bond donors (Lipinski definition) is 1. The van der Waals surface area contributed by atoms with Gasteiger partial charge in [0.05, 0.1) is 5.01 Å². The minimum atomic E-state index is 0.689. The van der Waals surface area contributed by atoms with Gasteiger partial charge in [0.1, 0.15) is 0 Å². The van der Waals surface area contributed by atoms with Crippen molar-refractivity contribution >= 4 is 11.3 Å². The molecule has 16 heavy (non-hydrogen) atoms. The second-order valence-electron chi connectivity index (χ2n) is 5.14. The number of piperidine rings is 1. The average molecular weight is 236 g/mol. The molecule has 0 aromatic carbocycles. The van der Waals surface area contributed by atoms with Crippen molar-refractivity contribution in [2.24, 2.45) is 0 Å². The molecule has 1 aliphatic heterocycles. The van der Waals surface area contributed by atoms with Crippen molar-refractivity contribution in [2.45, 2.75) is 56.9 Å². The summed E-state index contributed by atoms with van der Waals surface area (Å²) in [5.41, 5.74) is 0. The first-order chi connectivity index (χ1) is 7.92. The molecule has 2 nitrogen and oxygen atoms in total. The molecule has 88 valence electrons. The Labute approximate surface area is 101 Å². The molecule has 0 radical (unpaired) electrons. The highest BCUT2D eigenvalue weighted by Gasteiger charge is 2.22. The van der Waals surface area contributed by atoms with Gasteiger partial charge >= 0.3 is 0 Å². The summed E-state index contributed by atoms with van der Waals surface area (Å²) in [7, 11) is 0. The molecule has 1 saturated carbocycles. The molecule has 3 rings (SSSR count). The lowest BCUT2D eigenvalue weighted by molar-refractivity contribution is 0.399. The van der Waals surface area contributed by atoms with Crippen LogP contribution < -0.4 is 5.32 Å². The van der Waals surface area contributed by atoms with E-state index in [1.165, 1.54) is 55.0 Å². The van der Waals surface area contributed by atoms with Gasteiger partial charge in [0.15, 0.2) is 0 Å². The summed E-state index contributed by atoms with van der Waals surface area (Å²) in [6.07, 6.45) is 11.6. The third-order valence-electron chi connectivity index (χ3n) is 3.91. The van der Waals surface area contributed by atoms with Crippen molar-refractivity contribution in [1.29, 1.82) is 0 Å². The van der Waals surface area contributed by atoms with Crippen LogP contribution in [0.1, 0.15) is 54.3 Å². The van der Waals surface area contributed by atoms with Crippen molar-refractivity contribution in [3.05, 3.63) is 16.1 Å². The predicted octanol–water partition coefficient (Wildman–Crippen LogP) is 3.10. The van der Waals surface area contributed by atoms with E-state index in [1.807, 2.05) is 11.3 Å². The SMILES string of the molecule is c1nc(CC2CCCCN2)sc1C1CCC1. The monoisotopic (exact) mass is 236 g/mol. The minimum absolute atomic E-state index is 0.689. The molecular formula is C13H20N2S. The van der Waals surface area contributed by atoms with Gasteiger partial charge in [-0.2, -0.15) is 0 Å². The van der Waals surface area contributed by atoms with Gasteiger partial charge in [-0.3, -0.25) is 0 Å². The van der Waals surface area contributed by atoms with Gasteiger partial charge in [-0.15, -0.1) is 11.3 Å². The Hall–Kier alpha value is -0.410. The largest absolute Gasteiger partial charge is 0.314 e. The van der Waals surface area contributed by atoms with E-state index in [-0.39, 0.29) is 0 Å². The van der Waals surface area contributed by atoms with Crippen LogP contribution in [0.15, 0.2) is 6.20 Å². The predicted molar refractivity (Wildman–Crippen MR) is 68.1 cm³/mol. The number of nitrogens with one attached hydrogen (secondary N) is 1. The van der Waals surface area contributed by atoms with Crippen LogP contribution in [0.2, 0.25) is 0 Å². The lowest BCUT2D eigenvalue weighted by atomic mass is 9.85. The zero-order valence-corrected chi connectivity index (χ0v) is 10.6. The first-order valence-electron chi connectivity index (χ1n) is 6.60. The summed E-state index contributed by atoms with van der Waals surface area (Å²) >= 11 is 1.96. The van der Waals surface area contributed by atoms with Crippen LogP contribution in [0.5, 0.6) is 0 Å². The molecule has 2 fully saturated rings. The quantitative estimate of drug-likeness (QED) is 0.872. The maximum atomic E-state index is 4.59. The van der Waals surface area contributed by atoms with Crippen LogP contribution in [0.4, 0.5) is 0 Å². The molecule has 1 N–H and O–H groups in total. The summed E-state index contributed by atoms with van der Waals surface area (Å²) < 4.78 is 0. The highest BCUT2D eigenvalue weighted by molar-refractivity contribution is 7.11. The third-order valence-corrected chi connectivity index (χ3v) is 5.09. The zero-order valence-electron chi connectivity index (χ0n) is 9.74. The topological polar surface area (TPSA) is 24.9 Å². The number of aromatic nitrogens is 1. The molecule has 1 atom stereocenters. The Morgan fingerprint density at radius 3 is 2.88 bits per heavy atom. The van der Waals surface area contributed by atoms with Gasteiger partial charge in [-0.1, -0.05) is 12.8 Å². The molecule has 0 spiro atoms. The van der Waals surface area contributed by atoms with Crippen LogP contribution in [0.3, 0.4) is 0 Å². The highest BCUT2D eigenvalue weighted by Crippen LogP contribution is 2.39. The fourth-order valence-electron chi connectivity index (χ4n) is 2.61. The van der Waals surface area contributed by atoms with Crippen molar-refractivity contribution in [3.8, 4) is 0 Å². The molecule has 1 unspecified atom stereocenters. The van der Waals surface area contributed by atoms with Crippen LogP contribution in [0.25, 0.3) is 0 Å². The van der Waals surface area contributed by atoms with Gasteiger partial charge in [0, 0.05) is 23.5 Å². The van der Waals surface area contributed by atoms with E-state index in [9.17, 15) is 0 Å². The fourth-order valence-corrected chi connectivity index (χ4v) is 3.78. The fraction of sp³-hybridized carbons (Fsp3) is 0.769. The highest BCUT2D eigenvalue weighted by atomic mass is 32.1. The first kappa shape index (κ1) is 10.7.